The van der Waals surface area contributed by atoms with E-state index in [0.717, 1.165) is 23.4 Å². The van der Waals surface area contributed by atoms with E-state index in [1.54, 1.807) is 17.2 Å². The number of piperazine rings is 1. The summed E-state index contributed by atoms with van der Waals surface area (Å²) in [5.41, 5.74) is 2.10. The Balaban J connectivity index is 1.54. The maximum absolute atomic E-state index is 11.5. The Hall–Kier alpha value is -2.32. The van der Waals surface area contributed by atoms with E-state index < -0.39 is 6.09 Å². The van der Waals surface area contributed by atoms with Crippen LogP contribution in [0.5, 0.6) is 0 Å². The van der Waals surface area contributed by atoms with Gasteiger partial charge in [-0.05, 0) is 25.0 Å². The Bertz CT molecular complexity index is 975. The Labute approximate surface area is 157 Å². The molecule has 0 radical (unpaired) electrons. The molecule has 2 saturated heterocycles. The third kappa shape index (κ3) is 2.36. The summed E-state index contributed by atoms with van der Waals surface area (Å²) in [4.78, 5) is 24.0. The topological polar surface area (TPSA) is 82.7 Å². The van der Waals surface area contributed by atoms with Gasteiger partial charge in [0, 0.05) is 24.7 Å². The second kappa shape index (κ2) is 5.85. The Morgan fingerprint density at radius 2 is 2.08 bits per heavy atom. The van der Waals surface area contributed by atoms with Crippen molar-refractivity contribution in [3.63, 3.8) is 0 Å². The van der Waals surface area contributed by atoms with Gasteiger partial charge >= 0.3 is 6.09 Å². The Morgan fingerprint density at radius 3 is 2.73 bits per heavy atom. The fraction of sp³-hybridized carbons (Fsp3) is 0.353. The first-order chi connectivity index (χ1) is 12.6. The third-order valence-corrected chi connectivity index (χ3v) is 6.23. The van der Waals surface area contributed by atoms with E-state index >= 15 is 0 Å². The van der Waals surface area contributed by atoms with Crippen LogP contribution in [-0.2, 0) is 0 Å². The number of rotatable bonds is 2. The van der Waals surface area contributed by atoms with Crippen LogP contribution in [0.2, 0.25) is 5.02 Å². The van der Waals surface area contributed by atoms with Crippen LogP contribution in [0.15, 0.2) is 28.1 Å². The zero-order chi connectivity index (χ0) is 17.8. The number of anilines is 1. The first-order valence-corrected chi connectivity index (χ1v) is 9.62. The van der Waals surface area contributed by atoms with E-state index in [1.165, 1.54) is 11.3 Å². The molecular weight excluding hydrogens is 376 g/mol. The first-order valence-electron chi connectivity index (χ1n) is 8.37. The highest BCUT2D eigenvalue weighted by atomic mass is 35.5. The minimum Gasteiger partial charge on any atom is -0.465 e. The van der Waals surface area contributed by atoms with Crippen molar-refractivity contribution in [1.29, 1.82) is 0 Å². The number of oxazole rings is 1. The van der Waals surface area contributed by atoms with Crippen LogP contribution in [0.4, 0.5) is 10.8 Å². The molecule has 0 spiro atoms. The lowest BCUT2D eigenvalue weighted by molar-refractivity contribution is 0.114. The van der Waals surface area contributed by atoms with Gasteiger partial charge in [-0.3, -0.25) is 4.90 Å². The summed E-state index contributed by atoms with van der Waals surface area (Å²) in [5.74, 6) is 0. The van der Waals surface area contributed by atoms with Crippen LogP contribution in [0, 0.1) is 0 Å². The highest BCUT2D eigenvalue weighted by Gasteiger charge is 2.43. The van der Waals surface area contributed by atoms with E-state index in [9.17, 15) is 9.90 Å². The average molecular weight is 391 g/mol. The molecule has 9 heteroatoms. The molecule has 7 nitrogen and oxygen atoms in total. The highest BCUT2D eigenvalue weighted by Crippen LogP contribution is 2.38. The largest absolute Gasteiger partial charge is 0.465 e. The molecular formula is C17H15ClN4O3S. The van der Waals surface area contributed by atoms with E-state index in [1.807, 2.05) is 16.3 Å². The van der Waals surface area contributed by atoms with Gasteiger partial charge in [0.25, 0.3) is 6.01 Å². The molecule has 2 aliphatic rings. The molecule has 2 atom stereocenters. The van der Waals surface area contributed by atoms with Crippen molar-refractivity contribution in [2.45, 2.75) is 24.9 Å². The molecule has 0 saturated carbocycles. The van der Waals surface area contributed by atoms with Gasteiger partial charge in [-0.1, -0.05) is 11.6 Å². The minimum absolute atomic E-state index is 0.0184. The minimum atomic E-state index is -0.844. The third-order valence-electron chi connectivity index (χ3n) is 5.12. The molecule has 2 fully saturated rings. The predicted octanol–water partition coefficient (Wildman–Crippen LogP) is 3.94. The molecule has 5 rings (SSSR count). The van der Waals surface area contributed by atoms with Crippen LogP contribution in [-0.4, -0.2) is 51.2 Å². The number of aromatic nitrogens is 2. The average Bonchev–Trinajstić information content (AvgIpc) is 3.34. The zero-order valence-corrected chi connectivity index (χ0v) is 15.2. The van der Waals surface area contributed by atoms with E-state index in [2.05, 4.69) is 9.97 Å². The number of thiazole rings is 1. The van der Waals surface area contributed by atoms with Crippen molar-refractivity contribution in [2.75, 3.05) is 18.0 Å². The van der Waals surface area contributed by atoms with Gasteiger partial charge in [-0.2, -0.15) is 4.98 Å². The lowest BCUT2D eigenvalue weighted by atomic mass is 10.2. The van der Waals surface area contributed by atoms with Crippen molar-refractivity contribution in [3.05, 3.63) is 28.7 Å². The second-order valence-electron chi connectivity index (χ2n) is 6.59. The summed E-state index contributed by atoms with van der Waals surface area (Å²) in [6.07, 6.45) is 2.65. The molecule has 4 heterocycles. The monoisotopic (exact) mass is 390 g/mol. The molecule has 2 unspecified atom stereocenters. The number of carbonyl (C=O) groups is 1. The van der Waals surface area contributed by atoms with E-state index in [-0.39, 0.29) is 12.1 Å². The summed E-state index contributed by atoms with van der Waals surface area (Å²) < 4.78 is 6.09. The Morgan fingerprint density at radius 1 is 1.31 bits per heavy atom. The quantitative estimate of drug-likeness (QED) is 0.713. The SMILES string of the molecule is O=C(O)N1C2CCC1CN(c1nc3c(Cl)ccc(-c4nccs4)c3o1)C2. The highest BCUT2D eigenvalue weighted by molar-refractivity contribution is 7.13. The van der Waals surface area contributed by atoms with Gasteiger partial charge in [0.1, 0.15) is 10.5 Å². The normalized spacial score (nSPS) is 22.3. The molecule has 2 aromatic heterocycles. The summed E-state index contributed by atoms with van der Waals surface area (Å²) in [7, 11) is 0. The number of benzene rings is 1. The molecule has 2 bridgehead atoms. The van der Waals surface area contributed by atoms with Crippen molar-refractivity contribution in [1.82, 2.24) is 14.9 Å². The van der Waals surface area contributed by atoms with Crippen LogP contribution < -0.4 is 4.90 Å². The smallest absolute Gasteiger partial charge is 0.407 e. The summed E-state index contributed by atoms with van der Waals surface area (Å²) in [6.45, 7) is 1.17. The standard InChI is InChI=1S/C17H15ClN4O3S/c18-12-4-3-11(15-19-5-6-26-15)14-13(12)20-16(25-14)21-7-9-1-2-10(8-21)22(9)17(23)24/h3-6,9-10H,1-2,7-8H2,(H,23,24). The van der Waals surface area contributed by atoms with Gasteiger partial charge in [0.15, 0.2) is 5.58 Å². The maximum atomic E-state index is 11.5. The number of amides is 1. The van der Waals surface area contributed by atoms with Gasteiger partial charge in [-0.25, -0.2) is 9.78 Å². The molecule has 1 N–H and O–H groups in total. The lowest BCUT2D eigenvalue weighted by Gasteiger charge is -2.38. The molecule has 1 amide bonds. The van der Waals surface area contributed by atoms with Crippen LogP contribution in [0.1, 0.15) is 12.8 Å². The van der Waals surface area contributed by atoms with Gasteiger partial charge in [0.2, 0.25) is 0 Å². The van der Waals surface area contributed by atoms with Crippen LogP contribution in [0.3, 0.4) is 0 Å². The van der Waals surface area contributed by atoms with Crippen molar-refractivity contribution >= 4 is 46.1 Å². The van der Waals surface area contributed by atoms with Crippen molar-refractivity contribution in [3.8, 4) is 10.6 Å². The summed E-state index contributed by atoms with van der Waals surface area (Å²) >= 11 is 7.86. The number of hydrogen-bond acceptors (Lipinski definition) is 6. The molecule has 0 aliphatic carbocycles. The van der Waals surface area contributed by atoms with E-state index in [0.29, 0.717) is 35.2 Å². The number of hydrogen-bond donors (Lipinski definition) is 1. The van der Waals surface area contributed by atoms with Crippen molar-refractivity contribution < 1.29 is 14.3 Å². The van der Waals surface area contributed by atoms with Gasteiger partial charge < -0.3 is 14.4 Å². The molecule has 1 aromatic carbocycles. The zero-order valence-electron chi connectivity index (χ0n) is 13.6. The Kier molecular flexibility index (Phi) is 3.58. The first kappa shape index (κ1) is 15.9. The molecule has 26 heavy (non-hydrogen) atoms. The predicted molar refractivity (Wildman–Crippen MR) is 99.0 cm³/mol. The number of fused-ring (bicyclic) bond motifs is 3. The fourth-order valence-corrected chi connectivity index (χ4v) is 4.85. The maximum Gasteiger partial charge on any atom is 0.407 e. The molecule has 2 aliphatic heterocycles. The van der Waals surface area contributed by atoms with Gasteiger partial charge in [-0.15, -0.1) is 11.3 Å². The summed E-state index contributed by atoms with van der Waals surface area (Å²) in [5, 5.41) is 12.7. The second-order valence-corrected chi connectivity index (χ2v) is 7.89. The molecule has 3 aromatic rings. The lowest BCUT2D eigenvalue weighted by Crippen LogP contribution is -2.55. The fourth-order valence-electron chi connectivity index (χ4n) is 4.00. The molecule has 134 valence electrons. The number of nitrogens with zero attached hydrogens (tertiary/aromatic N) is 4. The van der Waals surface area contributed by atoms with Crippen molar-refractivity contribution in [2.24, 2.45) is 0 Å². The van der Waals surface area contributed by atoms with Gasteiger partial charge in [0.05, 0.1) is 22.7 Å². The van der Waals surface area contributed by atoms with E-state index in [4.69, 9.17) is 16.0 Å². The number of carboxylic acid groups (broad SMARTS) is 1. The van der Waals surface area contributed by atoms with Crippen LogP contribution >= 0.6 is 22.9 Å². The van der Waals surface area contributed by atoms with Crippen LogP contribution in [0.25, 0.3) is 21.7 Å². The number of halogens is 1. The summed E-state index contributed by atoms with van der Waals surface area (Å²) in [6, 6.07) is 4.15.